The van der Waals surface area contributed by atoms with E-state index < -0.39 is 0 Å². The van der Waals surface area contributed by atoms with Crippen LogP contribution >= 0.6 is 0 Å². The molecule has 18 heavy (non-hydrogen) atoms. The standard InChI is InChI=1S/C15H30N2O/c1-3-9-18-14-5-4-8-17(11-14)15(2,12-16)10-13-6-7-13/h13-14H,3-12,16H2,1-2H3. The summed E-state index contributed by atoms with van der Waals surface area (Å²) in [7, 11) is 0. The van der Waals surface area contributed by atoms with Gasteiger partial charge in [0.2, 0.25) is 0 Å². The number of rotatable bonds is 7. The topological polar surface area (TPSA) is 38.5 Å². The fourth-order valence-electron chi connectivity index (χ4n) is 3.13. The van der Waals surface area contributed by atoms with Crippen molar-refractivity contribution < 1.29 is 4.74 Å². The molecule has 3 nitrogen and oxygen atoms in total. The van der Waals surface area contributed by atoms with Crippen molar-refractivity contribution in [3.63, 3.8) is 0 Å². The van der Waals surface area contributed by atoms with Gasteiger partial charge in [-0.2, -0.15) is 0 Å². The summed E-state index contributed by atoms with van der Waals surface area (Å²) in [4.78, 5) is 2.61. The van der Waals surface area contributed by atoms with Gasteiger partial charge in [-0.3, -0.25) is 4.90 Å². The summed E-state index contributed by atoms with van der Waals surface area (Å²) in [6.45, 7) is 8.50. The number of nitrogens with zero attached hydrogens (tertiary/aromatic N) is 1. The molecule has 0 aromatic rings. The van der Waals surface area contributed by atoms with E-state index in [1.807, 2.05) is 0 Å². The SMILES string of the molecule is CCCOC1CCCN(C(C)(CN)CC2CC2)C1. The van der Waals surface area contributed by atoms with Crippen molar-refractivity contribution in [3.8, 4) is 0 Å². The maximum absolute atomic E-state index is 6.08. The van der Waals surface area contributed by atoms with Gasteiger partial charge in [0.1, 0.15) is 0 Å². The van der Waals surface area contributed by atoms with Crippen molar-refractivity contribution in [2.24, 2.45) is 11.7 Å². The summed E-state index contributed by atoms with van der Waals surface area (Å²) in [6.07, 6.45) is 8.15. The predicted octanol–water partition coefficient (Wildman–Crippen LogP) is 2.39. The second-order valence-corrected chi connectivity index (χ2v) is 6.43. The summed E-state index contributed by atoms with van der Waals surface area (Å²) in [5.41, 5.74) is 6.28. The van der Waals surface area contributed by atoms with Crippen molar-refractivity contribution in [2.45, 2.75) is 64.0 Å². The first-order valence-electron chi connectivity index (χ1n) is 7.74. The van der Waals surface area contributed by atoms with Crippen LogP contribution in [0.2, 0.25) is 0 Å². The lowest BCUT2D eigenvalue weighted by Gasteiger charge is -2.45. The van der Waals surface area contributed by atoms with Crippen molar-refractivity contribution in [1.29, 1.82) is 0 Å². The molecule has 3 heteroatoms. The molecule has 1 heterocycles. The lowest BCUT2D eigenvalue weighted by molar-refractivity contribution is -0.0353. The molecule has 0 bridgehead atoms. The Morgan fingerprint density at radius 3 is 2.72 bits per heavy atom. The number of likely N-dealkylation sites (tertiary alicyclic amines) is 1. The van der Waals surface area contributed by atoms with Gasteiger partial charge in [0.15, 0.2) is 0 Å². The Kier molecular flexibility index (Phi) is 5.05. The van der Waals surface area contributed by atoms with E-state index in [0.717, 1.165) is 32.0 Å². The van der Waals surface area contributed by atoms with Crippen LogP contribution in [0.4, 0.5) is 0 Å². The largest absolute Gasteiger partial charge is 0.377 e. The molecule has 0 aromatic heterocycles. The number of piperidine rings is 1. The molecule has 1 aliphatic heterocycles. The van der Waals surface area contributed by atoms with Gasteiger partial charge < -0.3 is 10.5 Å². The van der Waals surface area contributed by atoms with Crippen molar-refractivity contribution in [1.82, 2.24) is 4.90 Å². The van der Waals surface area contributed by atoms with Gasteiger partial charge in [-0.1, -0.05) is 19.8 Å². The van der Waals surface area contributed by atoms with Gasteiger partial charge in [-0.05, 0) is 45.1 Å². The first-order chi connectivity index (χ1) is 8.68. The Balaban J connectivity index is 1.88. The highest BCUT2D eigenvalue weighted by molar-refractivity contribution is 4.95. The zero-order chi connectivity index (χ0) is 13.0. The fourth-order valence-corrected chi connectivity index (χ4v) is 3.13. The molecule has 0 radical (unpaired) electrons. The zero-order valence-electron chi connectivity index (χ0n) is 12.2. The summed E-state index contributed by atoms with van der Waals surface area (Å²) in [5.74, 6) is 0.940. The first-order valence-corrected chi connectivity index (χ1v) is 7.74. The molecule has 0 spiro atoms. The van der Waals surface area contributed by atoms with Gasteiger partial charge in [-0.25, -0.2) is 0 Å². The smallest absolute Gasteiger partial charge is 0.0702 e. The lowest BCUT2D eigenvalue weighted by Crippen LogP contribution is -2.56. The van der Waals surface area contributed by atoms with E-state index in [-0.39, 0.29) is 5.54 Å². The molecule has 2 N–H and O–H groups in total. The maximum atomic E-state index is 6.08. The van der Waals surface area contributed by atoms with Crippen LogP contribution in [0.25, 0.3) is 0 Å². The van der Waals surface area contributed by atoms with E-state index in [1.54, 1.807) is 0 Å². The number of hydrogen-bond donors (Lipinski definition) is 1. The minimum atomic E-state index is 0.204. The molecule has 2 rings (SSSR count). The fraction of sp³-hybridized carbons (Fsp3) is 1.00. The third-order valence-corrected chi connectivity index (χ3v) is 4.56. The molecular weight excluding hydrogens is 224 g/mol. The van der Waals surface area contributed by atoms with Crippen LogP contribution < -0.4 is 5.73 Å². The Hall–Kier alpha value is -0.120. The summed E-state index contributed by atoms with van der Waals surface area (Å²) < 4.78 is 5.94. The summed E-state index contributed by atoms with van der Waals surface area (Å²) in [5, 5.41) is 0. The summed E-state index contributed by atoms with van der Waals surface area (Å²) in [6, 6.07) is 0. The second kappa shape index (κ2) is 6.36. The minimum absolute atomic E-state index is 0.204. The highest BCUT2D eigenvalue weighted by atomic mass is 16.5. The van der Waals surface area contributed by atoms with Crippen molar-refractivity contribution in [2.75, 3.05) is 26.2 Å². The molecule has 106 valence electrons. The van der Waals surface area contributed by atoms with Gasteiger partial charge in [0.25, 0.3) is 0 Å². The van der Waals surface area contributed by atoms with Crippen LogP contribution in [0.5, 0.6) is 0 Å². The third-order valence-electron chi connectivity index (χ3n) is 4.56. The molecule has 1 saturated carbocycles. The van der Waals surface area contributed by atoms with Gasteiger partial charge in [-0.15, -0.1) is 0 Å². The minimum Gasteiger partial charge on any atom is -0.377 e. The number of nitrogens with two attached hydrogens (primary N) is 1. The Morgan fingerprint density at radius 2 is 2.11 bits per heavy atom. The number of hydrogen-bond acceptors (Lipinski definition) is 3. The van der Waals surface area contributed by atoms with Gasteiger partial charge in [0.05, 0.1) is 6.10 Å². The van der Waals surface area contributed by atoms with E-state index in [9.17, 15) is 0 Å². The van der Waals surface area contributed by atoms with Gasteiger partial charge in [0, 0.05) is 25.2 Å². The quantitative estimate of drug-likeness (QED) is 0.758. The zero-order valence-corrected chi connectivity index (χ0v) is 12.2. The molecule has 1 aliphatic carbocycles. The average molecular weight is 254 g/mol. The van der Waals surface area contributed by atoms with Crippen LogP contribution in [0, 0.1) is 5.92 Å². The monoisotopic (exact) mass is 254 g/mol. The molecule has 0 aromatic carbocycles. The van der Waals surface area contributed by atoms with Crippen LogP contribution in [-0.2, 0) is 4.74 Å². The Morgan fingerprint density at radius 1 is 1.33 bits per heavy atom. The van der Waals surface area contributed by atoms with E-state index in [2.05, 4.69) is 18.7 Å². The first kappa shape index (κ1) is 14.3. The van der Waals surface area contributed by atoms with Crippen LogP contribution in [0.15, 0.2) is 0 Å². The molecule has 2 unspecified atom stereocenters. The molecular formula is C15H30N2O. The van der Waals surface area contributed by atoms with E-state index in [1.165, 1.54) is 38.6 Å². The molecule has 1 saturated heterocycles. The van der Waals surface area contributed by atoms with E-state index in [4.69, 9.17) is 10.5 Å². The maximum Gasteiger partial charge on any atom is 0.0702 e. The third kappa shape index (κ3) is 3.69. The van der Waals surface area contributed by atoms with Crippen LogP contribution in [0.1, 0.15) is 52.4 Å². The molecule has 2 atom stereocenters. The Labute approximate surface area is 112 Å². The van der Waals surface area contributed by atoms with Gasteiger partial charge >= 0.3 is 0 Å². The molecule has 2 aliphatic rings. The summed E-state index contributed by atoms with van der Waals surface area (Å²) >= 11 is 0. The highest BCUT2D eigenvalue weighted by Crippen LogP contribution is 2.39. The predicted molar refractivity (Wildman–Crippen MR) is 75.6 cm³/mol. The normalized spacial score (nSPS) is 29.2. The van der Waals surface area contributed by atoms with E-state index >= 15 is 0 Å². The number of ether oxygens (including phenoxy) is 1. The average Bonchev–Trinajstić information content (AvgIpc) is 3.20. The van der Waals surface area contributed by atoms with Crippen LogP contribution in [0.3, 0.4) is 0 Å². The van der Waals surface area contributed by atoms with E-state index in [0.29, 0.717) is 6.10 Å². The highest BCUT2D eigenvalue weighted by Gasteiger charge is 2.38. The van der Waals surface area contributed by atoms with Crippen molar-refractivity contribution >= 4 is 0 Å². The Bertz CT molecular complexity index is 255. The van der Waals surface area contributed by atoms with Crippen molar-refractivity contribution in [3.05, 3.63) is 0 Å². The molecule has 0 amide bonds. The lowest BCUT2D eigenvalue weighted by atomic mass is 9.90. The van der Waals surface area contributed by atoms with Crippen LogP contribution in [-0.4, -0.2) is 42.8 Å². The second-order valence-electron chi connectivity index (χ2n) is 6.43. The molecule has 2 fully saturated rings.